The van der Waals surface area contributed by atoms with Crippen molar-refractivity contribution < 1.29 is 36.9 Å². The van der Waals surface area contributed by atoms with Crippen LogP contribution in [0.4, 0.5) is 0 Å². The standard InChI is InChI=1S/C5H8O2.Cd/c1-3-5(7)4(2)6;/h3H2,1-2H3;. The van der Waals surface area contributed by atoms with Crippen LogP contribution in [-0.2, 0) is 36.9 Å². The van der Waals surface area contributed by atoms with Crippen molar-refractivity contribution in [2.75, 3.05) is 0 Å². The number of carbonyl (C=O) groups excluding carboxylic acids is 2. The van der Waals surface area contributed by atoms with E-state index in [1.807, 2.05) is 0 Å². The summed E-state index contributed by atoms with van der Waals surface area (Å²) in [7, 11) is 0. The molecule has 0 rings (SSSR count). The van der Waals surface area contributed by atoms with Gasteiger partial charge in [-0.15, -0.1) is 0 Å². The largest absolute Gasteiger partial charge is 0.291 e. The van der Waals surface area contributed by atoms with Crippen LogP contribution >= 0.6 is 0 Å². The van der Waals surface area contributed by atoms with Crippen molar-refractivity contribution in [3.05, 3.63) is 0 Å². The monoisotopic (exact) mass is 214 g/mol. The molecule has 0 spiro atoms. The third kappa shape index (κ3) is 4.42. The molecule has 0 heterocycles. The van der Waals surface area contributed by atoms with Crippen LogP contribution in [0, 0.1) is 0 Å². The van der Waals surface area contributed by atoms with Crippen molar-refractivity contribution in [1.29, 1.82) is 0 Å². The Morgan fingerprint density at radius 1 is 1.38 bits per heavy atom. The van der Waals surface area contributed by atoms with E-state index in [0.717, 1.165) is 0 Å². The van der Waals surface area contributed by atoms with Gasteiger partial charge in [0.05, 0.1) is 0 Å². The van der Waals surface area contributed by atoms with Crippen LogP contribution in [0.1, 0.15) is 20.3 Å². The molecular weight excluding hydrogens is 204 g/mol. The second-order valence-electron chi connectivity index (χ2n) is 1.33. The molecule has 0 amide bonds. The maximum atomic E-state index is 10.2. The molecule has 0 saturated heterocycles. The average molecular weight is 213 g/mol. The summed E-state index contributed by atoms with van der Waals surface area (Å²) in [5.41, 5.74) is 0. The zero-order chi connectivity index (χ0) is 5.86. The van der Waals surface area contributed by atoms with Crippen molar-refractivity contribution in [3.8, 4) is 0 Å². The first-order chi connectivity index (χ1) is 3.18. The summed E-state index contributed by atoms with van der Waals surface area (Å²) in [6, 6.07) is 0. The summed E-state index contributed by atoms with van der Waals surface area (Å²) in [6.45, 7) is 2.95. The van der Waals surface area contributed by atoms with Crippen molar-refractivity contribution in [2.45, 2.75) is 20.3 Å². The number of Topliss-reactive ketones (excluding diaryl/α,β-unsaturated/α-hetero) is 2. The van der Waals surface area contributed by atoms with Gasteiger partial charge in [-0.3, -0.25) is 9.59 Å². The number of rotatable bonds is 2. The fourth-order valence-electron chi connectivity index (χ4n) is 0.249. The van der Waals surface area contributed by atoms with Crippen LogP contribution in [0.5, 0.6) is 0 Å². The van der Waals surface area contributed by atoms with E-state index in [2.05, 4.69) is 0 Å². The minimum Gasteiger partial charge on any atom is -0.291 e. The Hall–Kier alpha value is 0.262. The van der Waals surface area contributed by atoms with Gasteiger partial charge in [0, 0.05) is 40.6 Å². The molecule has 0 N–H and O–H groups in total. The summed E-state index contributed by atoms with van der Waals surface area (Å²) in [5.74, 6) is -0.637. The summed E-state index contributed by atoms with van der Waals surface area (Å²) in [4.78, 5) is 20.2. The first kappa shape index (κ1) is 11.1. The molecule has 0 atom stereocenters. The first-order valence-electron chi connectivity index (χ1n) is 2.22. The van der Waals surface area contributed by atoms with Crippen molar-refractivity contribution >= 4 is 11.6 Å². The molecule has 0 radical (unpaired) electrons. The van der Waals surface area contributed by atoms with E-state index in [0.29, 0.717) is 6.42 Å². The van der Waals surface area contributed by atoms with Crippen LogP contribution in [0.2, 0.25) is 0 Å². The number of carbonyl (C=O) groups is 2. The fourth-order valence-corrected chi connectivity index (χ4v) is 0.249. The van der Waals surface area contributed by atoms with Crippen molar-refractivity contribution in [3.63, 3.8) is 0 Å². The van der Waals surface area contributed by atoms with E-state index in [4.69, 9.17) is 0 Å². The summed E-state index contributed by atoms with van der Waals surface area (Å²) in [6.07, 6.45) is 0.329. The molecule has 0 unspecified atom stereocenters. The SMILES string of the molecule is CCC(=O)C(C)=O.[Cd]. The van der Waals surface area contributed by atoms with Gasteiger partial charge in [0.1, 0.15) is 0 Å². The van der Waals surface area contributed by atoms with Gasteiger partial charge in [0.25, 0.3) is 0 Å². The molecule has 0 aromatic heterocycles. The van der Waals surface area contributed by atoms with E-state index in [1.54, 1.807) is 6.92 Å². The van der Waals surface area contributed by atoms with Gasteiger partial charge in [-0.2, -0.15) is 0 Å². The molecule has 0 aliphatic rings. The zero-order valence-electron chi connectivity index (χ0n) is 5.23. The molecule has 42 valence electrons. The summed E-state index contributed by atoms with van der Waals surface area (Å²) >= 11 is 0. The predicted molar refractivity (Wildman–Crippen MR) is 26.0 cm³/mol. The average Bonchev–Trinajstić information content (AvgIpc) is 1.65. The van der Waals surface area contributed by atoms with E-state index in [1.165, 1.54) is 6.92 Å². The minimum atomic E-state index is -0.345. The third-order valence-corrected chi connectivity index (χ3v) is 0.714. The van der Waals surface area contributed by atoms with Gasteiger partial charge in [-0.05, 0) is 0 Å². The predicted octanol–water partition coefficient (Wildman–Crippen LogP) is 0.552. The number of hydrogen-bond donors (Lipinski definition) is 0. The molecule has 0 fully saturated rings. The number of ketones is 2. The quantitative estimate of drug-likeness (QED) is 0.495. The Morgan fingerprint density at radius 3 is 1.75 bits per heavy atom. The summed E-state index contributed by atoms with van der Waals surface area (Å²) in [5, 5.41) is 0. The molecule has 8 heavy (non-hydrogen) atoms. The number of hydrogen-bond acceptors (Lipinski definition) is 2. The normalized spacial score (nSPS) is 7.25. The van der Waals surface area contributed by atoms with Gasteiger partial charge < -0.3 is 0 Å². The Morgan fingerprint density at radius 2 is 1.75 bits per heavy atom. The summed E-state index contributed by atoms with van der Waals surface area (Å²) < 4.78 is 0. The molecule has 0 aliphatic heterocycles. The maximum Gasteiger partial charge on any atom is 0.197 e. The maximum absolute atomic E-state index is 10.2. The van der Waals surface area contributed by atoms with Crippen molar-refractivity contribution in [2.24, 2.45) is 0 Å². The molecule has 0 bridgehead atoms. The Balaban J connectivity index is 0. The van der Waals surface area contributed by atoms with Crippen LogP contribution in [0.25, 0.3) is 0 Å². The third-order valence-electron chi connectivity index (χ3n) is 0.714. The Kier molecular flexibility index (Phi) is 7.50. The Labute approximate surface area is 68.8 Å². The van der Waals surface area contributed by atoms with E-state index < -0.39 is 0 Å². The van der Waals surface area contributed by atoms with Gasteiger partial charge in [0.15, 0.2) is 11.6 Å². The van der Waals surface area contributed by atoms with Crippen molar-refractivity contribution in [1.82, 2.24) is 0 Å². The minimum absolute atomic E-state index is 0. The topological polar surface area (TPSA) is 34.1 Å². The van der Waals surface area contributed by atoms with Gasteiger partial charge in [0.2, 0.25) is 0 Å². The van der Waals surface area contributed by atoms with Crippen LogP contribution in [-0.4, -0.2) is 11.6 Å². The zero-order valence-corrected chi connectivity index (χ0v) is 9.27. The van der Waals surface area contributed by atoms with E-state index in [9.17, 15) is 9.59 Å². The van der Waals surface area contributed by atoms with E-state index in [-0.39, 0.29) is 38.9 Å². The molecular formula is C5H8CdO2. The van der Waals surface area contributed by atoms with Crippen LogP contribution < -0.4 is 0 Å². The molecule has 0 saturated carbocycles. The molecule has 0 aromatic rings. The molecule has 2 nitrogen and oxygen atoms in total. The second-order valence-corrected chi connectivity index (χ2v) is 1.33. The van der Waals surface area contributed by atoms with Crippen LogP contribution in [0.15, 0.2) is 0 Å². The molecule has 0 aromatic carbocycles. The second kappa shape index (κ2) is 5.40. The first-order valence-corrected chi connectivity index (χ1v) is 2.22. The smallest absolute Gasteiger partial charge is 0.197 e. The van der Waals surface area contributed by atoms with Gasteiger partial charge >= 0.3 is 0 Å². The van der Waals surface area contributed by atoms with Crippen LogP contribution in [0.3, 0.4) is 0 Å². The fraction of sp³-hybridized carbons (Fsp3) is 0.600. The van der Waals surface area contributed by atoms with E-state index >= 15 is 0 Å². The van der Waals surface area contributed by atoms with Gasteiger partial charge in [-0.1, -0.05) is 6.92 Å². The molecule has 3 heteroatoms. The Bertz CT molecular complexity index is 98.6. The molecule has 0 aliphatic carbocycles. The van der Waals surface area contributed by atoms with Gasteiger partial charge in [-0.25, -0.2) is 0 Å².